The van der Waals surface area contributed by atoms with Crippen molar-refractivity contribution in [2.24, 2.45) is 0 Å². The SMILES string of the molecule is CC1(C)c2c(ccc3c2nc(-c2ccccc2)n3-c2ccccc2)-c2ccc3c4ccccc4n(-c4nc(-c5ccccc5)nc(-c5ccccc5)n4)c3c21. The molecule has 0 saturated heterocycles. The van der Waals surface area contributed by atoms with Gasteiger partial charge >= 0.3 is 0 Å². The van der Waals surface area contributed by atoms with Gasteiger partial charge in [0.25, 0.3) is 0 Å². The van der Waals surface area contributed by atoms with Crippen LogP contribution in [-0.2, 0) is 5.41 Å². The third-order valence-corrected chi connectivity index (χ3v) is 11.1. The van der Waals surface area contributed by atoms with E-state index in [0.717, 1.165) is 61.0 Å². The molecule has 0 N–H and O–H groups in total. The van der Waals surface area contributed by atoms with Crippen LogP contribution in [0.4, 0.5) is 0 Å². The molecule has 6 heteroatoms. The number of para-hydroxylation sites is 2. The third kappa shape index (κ3) is 4.68. The molecule has 1 aliphatic rings. The van der Waals surface area contributed by atoms with Crippen molar-refractivity contribution in [3.05, 3.63) is 181 Å². The zero-order valence-electron chi connectivity index (χ0n) is 30.3. The van der Waals surface area contributed by atoms with Gasteiger partial charge in [-0.1, -0.05) is 159 Å². The Hall–Kier alpha value is -7.18. The van der Waals surface area contributed by atoms with E-state index in [1.807, 2.05) is 36.4 Å². The summed E-state index contributed by atoms with van der Waals surface area (Å²) >= 11 is 0. The molecule has 3 heterocycles. The Morgan fingerprint density at radius 3 is 1.62 bits per heavy atom. The number of aromatic nitrogens is 6. The highest BCUT2D eigenvalue weighted by Gasteiger charge is 2.41. The highest BCUT2D eigenvalue weighted by molar-refractivity contribution is 6.13. The molecule has 0 atom stereocenters. The van der Waals surface area contributed by atoms with Crippen LogP contribution < -0.4 is 0 Å². The highest BCUT2D eigenvalue weighted by atomic mass is 15.2. The first-order valence-corrected chi connectivity index (χ1v) is 18.7. The lowest BCUT2D eigenvalue weighted by atomic mass is 9.81. The molecule has 0 spiro atoms. The Labute approximate surface area is 318 Å². The minimum absolute atomic E-state index is 0.433. The average Bonchev–Trinajstić information content (AvgIpc) is 3.87. The maximum absolute atomic E-state index is 5.53. The fourth-order valence-electron chi connectivity index (χ4n) is 8.77. The molecule has 0 fully saturated rings. The van der Waals surface area contributed by atoms with Crippen molar-refractivity contribution in [2.75, 3.05) is 0 Å². The van der Waals surface area contributed by atoms with Crippen LogP contribution in [0.1, 0.15) is 25.0 Å². The lowest BCUT2D eigenvalue weighted by Crippen LogP contribution is -2.18. The summed E-state index contributed by atoms with van der Waals surface area (Å²) in [5.41, 5.74) is 12.7. The van der Waals surface area contributed by atoms with E-state index in [4.69, 9.17) is 19.9 Å². The normalized spacial score (nSPS) is 13.1. The summed E-state index contributed by atoms with van der Waals surface area (Å²) in [6.45, 7) is 4.70. The molecule has 11 rings (SSSR count). The van der Waals surface area contributed by atoms with Gasteiger partial charge in [0.15, 0.2) is 11.6 Å². The van der Waals surface area contributed by atoms with E-state index < -0.39 is 5.41 Å². The summed E-state index contributed by atoms with van der Waals surface area (Å²) in [6, 6.07) is 59.1. The fourth-order valence-corrected chi connectivity index (χ4v) is 8.77. The van der Waals surface area contributed by atoms with Crippen molar-refractivity contribution < 1.29 is 0 Å². The highest BCUT2D eigenvalue weighted by Crippen LogP contribution is 2.55. The molecule has 6 nitrogen and oxygen atoms in total. The molecular formula is C49H34N6. The Morgan fingerprint density at radius 1 is 0.418 bits per heavy atom. The summed E-state index contributed by atoms with van der Waals surface area (Å²) in [4.78, 5) is 21.1. The van der Waals surface area contributed by atoms with E-state index >= 15 is 0 Å². The van der Waals surface area contributed by atoms with E-state index in [0.29, 0.717) is 17.6 Å². The smallest absolute Gasteiger partial charge is 0.238 e. The maximum atomic E-state index is 5.53. The van der Waals surface area contributed by atoms with Crippen molar-refractivity contribution >= 4 is 32.8 Å². The molecule has 0 aliphatic heterocycles. The van der Waals surface area contributed by atoms with Crippen LogP contribution in [0.25, 0.3) is 89.8 Å². The van der Waals surface area contributed by atoms with Crippen molar-refractivity contribution in [2.45, 2.75) is 19.3 Å². The van der Waals surface area contributed by atoms with Crippen LogP contribution in [0.5, 0.6) is 0 Å². The number of hydrogen-bond donors (Lipinski definition) is 0. The van der Waals surface area contributed by atoms with E-state index in [9.17, 15) is 0 Å². The molecule has 0 saturated carbocycles. The summed E-state index contributed by atoms with van der Waals surface area (Å²) in [5.74, 6) is 2.77. The van der Waals surface area contributed by atoms with Gasteiger partial charge in [-0.25, -0.2) is 9.97 Å². The lowest BCUT2D eigenvalue weighted by molar-refractivity contribution is 0.668. The van der Waals surface area contributed by atoms with Crippen molar-refractivity contribution in [1.29, 1.82) is 0 Å². The van der Waals surface area contributed by atoms with E-state index in [1.54, 1.807) is 0 Å². The van der Waals surface area contributed by atoms with E-state index in [2.05, 4.69) is 156 Å². The van der Waals surface area contributed by atoms with Gasteiger partial charge in [0.1, 0.15) is 5.82 Å². The third-order valence-electron chi connectivity index (χ3n) is 11.1. The van der Waals surface area contributed by atoms with Crippen LogP contribution in [-0.4, -0.2) is 29.1 Å². The summed E-state index contributed by atoms with van der Waals surface area (Å²) in [5, 5.41) is 2.31. The summed E-state index contributed by atoms with van der Waals surface area (Å²) < 4.78 is 4.57. The van der Waals surface area contributed by atoms with Gasteiger partial charge in [-0.2, -0.15) is 9.97 Å². The molecule has 55 heavy (non-hydrogen) atoms. The standard InChI is InChI=1S/C49H34N6/c1-49(2)41-36(29-30-40-43(41)50-47(33-21-11-5-12-22-33)54(40)34-23-13-6-14-24-34)37-27-28-38-35-25-15-16-26-39(35)55(44(38)42(37)49)48-52-45(31-17-7-3-8-18-31)51-46(53-48)32-19-9-4-10-20-32/h3-30H,1-2H3. The number of benzene rings is 7. The van der Waals surface area contributed by atoms with Crippen LogP contribution >= 0.6 is 0 Å². The minimum Gasteiger partial charge on any atom is -0.292 e. The molecule has 0 unspecified atom stereocenters. The van der Waals surface area contributed by atoms with E-state index in [-0.39, 0.29) is 0 Å². The molecule has 0 bridgehead atoms. The summed E-state index contributed by atoms with van der Waals surface area (Å²) in [6.07, 6.45) is 0. The van der Waals surface area contributed by atoms with E-state index in [1.165, 1.54) is 22.3 Å². The molecule has 3 aromatic heterocycles. The number of rotatable bonds is 5. The monoisotopic (exact) mass is 706 g/mol. The van der Waals surface area contributed by atoms with Crippen molar-refractivity contribution in [3.8, 4) is 56.9 Å². The Bertz CT molecular complexity index is 3030. The lowest BCUT2D eigenvalue weighted by Gasteiger charge is -2.24. The quantitative estimate of drug-likeness (QED) is 0.179. The van der Waals surface area contributed by atoms with Crippen LogP contribution in [0.3, 0.4) is 0 Å². The molecule has 7 aromatic carbocycles. The van der Waals surface area contributed by atoms with Crippen LogP contribution in [0.15, 0.2) is 170 Å². The first kappa shape index (κ1) is 31.4. The average molecular weight is 707 g/mol. The van der Waals surface area contributed by atoms with Gasteiger partial charge in [-0.05, 0) is 46.5 Å². The molecule has 1 aliphatic carbocycles. The molecule has 0 radical (unpaired) electrons. The molecule has 10 aromatic rings. The first-order chi connectivity index (χ1) is 27.1. The van der Waals surface area contributed by atoms with Gasteiger partial charge in [-0.3, -0.25) is 9.13 Å². The second-order valence-electron chi connectivity index (χ2n) is 14.7. The number of fused-ring (bicyclic) bond motifs is 9. The van der Waals surface area contributed by atoms with Gasteiger partial charge in [-0.15, -0.1) is 0 Å². The van der Waals surface area contributed by atoms with Crippen LogP contribution in [0.2, 0.25) is 0 Å². The number of nitrogens with zero attached hydrogens (tertiary/aromatic N) is 6. The zero-order chi connectivity index (χ0) is 36.7. The zero-order valence-corrected chi connectivity index (χ0v) is 30.3. The summed E-state index contributed by atoms with van der Waals surface area (Å²) in [7, 11) is 0. The van der Waals surface area contributed by atoms with Gasteiger partial charge < -0.3 is 0 Å². The number of imidazole rings is 1. The van der Waals surface area contributed by atoms with Gasteiger partial charge in [0.2, 0.25) is 5.95 Å². The second kappa shape index (κ2) is 11.9. The Kier molecular flexibility index (Phi) is 6.79. The van der Waals surface area contributed by atoms with Crippen molar-refractivity contribution in [1.82, 2.24) is 29.1 Å². The first-order valence-electron chi connectivity index (χ1n) is 18.7. The number of hydrogen-bond acceptors (Lipinski definition) is 4. The fraction of sp³-hybridized carbons (Fsp3) is 0.0612. The molecule has 260 valence electrons. The Morgan fingerprint density at radius 2 is 0.964 bits per heavy atom. The Balaban J connectivity index is 1.22. The second-order valence-corrected chi connectivity index (χ2v) is 14.7. The van der Waals surface area contributed by atoms with Gasteiger partial charge in [0.05, 0.1) is 22.1 Å². The molecular weight excluding hydrogens is 673 g/mol. The molecule has 0 amide bonds. The topological polar surface area (TPSA) is 61.4 Å². The predicted octanol–water partition coefficient (Wildman–Crippen LogP) is 11.6. The minimum atomic E-state index is -0.433. The van der Waals surface area contributed by atoms with Crippen molar-refractivity contribution in [3.63, 3.8) is 0 Å². The largest absolute Gasteiger partial charge is 0.292 e. The van der Waals surface area contributed by atoms with Gasteiger partial charge in [0, 0.05) is 38.6 Å². The van der Waals surface area contributed by atoms with Crippen LogP contribution in [0, 0.1) is 0 Å². The predicted molar refractivity (Wildman–Crippen MR) is 223 cm³/mol. The maximum Gasteiger partial charge on any atom is 0.238 e.